The van der Waals surface area contributed by atoms with E-state index in [4.69, 9.17) is 0 Å². The second-order valence-corrected chi connectivity index (χ2v) is 20.3. The zero-order valence-electron chi connectivity index (χ0n) is 36.9. The average molecular weight is 1100 g/mol. The second-order valence-electron chi connectivity index (χ2n) is 14.7. The minimum absolute atomic E-state index is 0. The van der Waals surface area contributed by atoms with Gasteiger partial charge in [0.1, 0.15) is 9.79 Å². The van der Waals surface area contributed by atoms with Crippen LogP contribution in [0.5, 0.6) is 0 Å². The summed E-state index contributed by atoms with van der Waals surface area (Å²) in [5.41, 5.74) is 0.129. The van der Waals surface area contributed by atoms with E-state index in [1.807, 2.05) is 0 Å². The molecule has 0 saturated heterocycles. The summed E-state index contributed by atoms with van der Waals surface area (Å²) in [6.07, 6.45) is 2.27. The van der Waals surface area contributed by atoms with Gasteiger partial charge in [-0.25, -0.2) is 0 Å². The van der Waals surface area contributed by atoms with Crippen molar-refractivity contribution in [2.75, 3.05) is 83.7 Å². The first-order chi connectivity index (χ1) is 34.0. The van der Waals surface area contributed by atoms with E-state index in [2.05, 4.69) is 51.2 Å². The molecule has 0 aliphatic rings. The maximum absolute atomic E-state index is 12.8. The molecule has 2 heterocycles. The molecule has 6 aromatic rings. The first-order valence-corrected chi connectivity index (χ1v) is 26.3. The summed E-state index contributed by atoms with van der Waals surface area (Å²) >= 11 is 0. The van der Waals surface area contributed by atoms with Gasteiger partial charge in [-0.1, -0.05) is 24.3 Å². The molecular formula is C40H45N12NaO16S4. The third-order valence-electron chi connectivity index (χ3n) is 9.65. The summed E-state index contributed by atoms with van der Waals surface area (Å²) in [6, 6.07) is 16.8. The van der Waals surface area contributed by atoms with Crippen molar-refractivity contribution in [2.45, 2.75) is 19.6 Å². The molecule has 0 unspecified atom stereocenters. The van der Waals surface area contributed by atoms with Crippen molar-refractivity contribution in [1.82, 2.24) is 29.9 Å². The number of benzene rings is 4. The summed E-state index contributed by atoms with van der Waals surface area (Å²) in [4.78, 5) is 26.4. The molecule has 6 rings (SSSR count). The van der Waals surface area contributed by atoms with Gasteiger partial charge in [-0.05, 0) is 83.9 Å². The van der Waals surface area contributed by atoms with Crippen LogP contribution in [0.2, 0.25) is 0 Å². The van der Waals surface area contributed by atoms with E-state index in [0.717, 1.165) is 48.6 Å². The van der Waals surface area contributed by atoms with Crippen LogP contribution in [0.3, 0.4) is 0 Å². The van der Waals surface area contributed by atoms with Gasteiger partial charge < -0.3 is 51.5 Å². The van der Waals surface area contributed by atoms with Crippen molar-refractivity contribution >= 4 is 141 Å². The number of hydrogen-bond donors (Lipinski definition) is 12. The summed E-state index contributed by atoms with van der Waals surface area (Å²) in [6.45, 7) is -1.69. The SMILES string of the molecule is O=S(=O)(O)c1ccc(Nc2nc(Nc3ccc(C=Cc4ccc(Nc5nc(Nc6ccc(S(=O)(=O)O)cc6)nc(N(CCO)CCO)n5)cc4S(=O)(=O)O)c(S(=O)(=O)O)c3)nc(N(CCO)CCO)n2)cc1.[NaH]. The Balaban J connectivity index is 0.00000988. The van der Waals surface area contributed by atoms with Crippen molar-refractivity contribution in [1.29, 1.82) is 0 Å². The molecule has 0 atom stereocenters. The molecule has 0 spiro atoms. The van der Waals surface area contributed by atoms with E-state index in [9.17, 15) is 72.3 Å². The Hall–Kier alpha value is -6.08. The van der Waals surface area contributed by atoms with Crippen molar-refractivity contribution in [3.8, 4) is 0 Å². The molecule has 2 aromatic heterocycles. The molecule has 33 heteroatoms. The average Bonchev–Trinajstić information content (AvgIpc) is 3.30. The van der Waals surface area contributed by atoms with Gasteiger partial charge in [0, 0.05) is 48.9 Å². The molecule has 12 N–H and O–H groups in total. The Labute approximate surface area is 439 Å². The summed E-state index contributed by atoms with van der Waals surface area (Å²) in [5.74, 6) is -0.916. The Morgan fingerprint density at radius 3 is 0.932 bits per heavy atom. The van der Waals surface area contributed by atoms with E-state index in [1.54, 1.807) is 0 Å². The topological polar surface area (TPSA) is 430 Å². The zero-order valence-corrected chi connectivity index (χ0v) is 40.2. The number of hydrogen-bond acceptors (Lipinski definition) is 24. The summed E-state index contributed by atoms with van der Waals surface area (Å²) in [7, 11) is -19.1. The molecular weight excluding hydrogens is 1060 g/mol. The van der Waals surface area contributed by atoms with Crippen LogP contribution < -0.4 is 31.1 Å². The van der Waals surface area contributed by atoms with Gasteiger partial charge in [-0.15, -0.1) is 0 Å². The van der Waals surface area contributed by atoms with Crippen LogP contribution >= 0.6 is 0 Å². The molecule has 0 amide bonds. The van der Waals surface area contributed by atoms with Crippen LogP contribution in [0, 0.1) is 0 Å². The number of aliphatic hydroxyl groups excluding tert-OH is 4. The molecule has 4 aromatic carbocycles. The van der Waals surface area contributed by atoms with Gasteiger partial charge in [-0.3, -0.25) is 18.2 Å². The Bertz CT molecular complexity index is 3170. The first kappa shape index (κ1) is 57.8. The summed E-state index contributed by atoms with van der Waals surface area (Å²) in [5, 5.41) is 49.9. The number of rotatable bonds is 24. The fourth-order valence-electron chi connectivity index (χ4n) is 6.41. The molecule has 0 saturated carbocycles. The van der Waals surface area contributed by atoms with Gasteiger partial charge >= 0.3 is 29.6 Å². The van der Waals surface area contributed by atoms with Gasteiger partial charge in [0.05, 0.1) is 36.2 Å². The van der Waals surface area contributed by atoms with Gasteiger partial charge in [0.25, 0.3) is 40.5 Å². The fourth-order valence-corrected chi connectivity index (χ4v) is 8.78. The summed E-state index contributed by atoms with van der Waals surface area (Å²) < 4.78 is 137. The van der Waals surface area contributed by atoms with Crippen LogP contribution in [0.15, 0.2) is 105 Å². The molecule has 0 aliphatic heterocycles. The Kier molecular flexibility index (Phi) is 19.6. The molecule has 0 bridgehead atoms. The van der Waals surface area contributed by atoms with Gasteiger partial charge in [0.2, 0.25) is 35.7 Å². The third kappa shape index (κ3) is 16.2. The van der Waals surface area contributed by atoms with E-state index >= 15 is 0 Å². The van der Waals surface area contributed by atoms with E-state index in [0.29, 0.717) is 0 Å². The number of aromatic nitrogens is 6. The van der Waals surface area contributed by atoms with Crippen molar-refractivity contribution in [3.63, 3.8) is 0 Å². The molecule has 28 nitrogen and oxygen atoms in total. The number of nitrogens with zero attached hydrogens (tertiary/aromatic N) is 8. The number of anilines is 10. The molecule has 386 valence electrons. The van der Waals surface area contributed by atoms with Crippen molar-refractivity contribution < 1.29 is 72.3 Å². The predicted molar refractivity (Wildman–Crippen MR) is 267 cm³/mol. The normalized spacial score (nSPS) is 12.0. The predicted octanol–water partition coefficient (Wildman–Crippen LogP) is 1.12. The second kappa shape index (κ2) is 24.8. The molecule has 73 heavy (non-hydrogen) atoms. The fraction of sp³-hybridized carbons (Fsp3) is 0.200. The first-order valence-electron chi connectivity index (χ1n) is 20.6. The quantitative estimate of drug-likeness (QED) is 0.0229. The van der Waals surface area contributed by atoms with Crippen molar-refractivity contribution in [2.24, 2.45) is 0 Å². The van der Waals surface area contributed by atoms with Crippen molar-refractivity contribution in [3.05, 3.63) is 96.1 Å². The van der Waals surface area contributed by atoms with Crippen LogP contribution in [0.1, 0.15) is 11.1 Å². The molecule has 0 fully saturated rings. The zero-order chi connectivity index (χ0) is 52.4. The van der Waals surface area contributed by atoms with Crippen LogP contribution in [-0.4, -0.2) is 184 Å². The van der Waals surface area contributed by atoms with Crippen LogP contribution in [0.25, 0.3) is 12.2 Å². The molecule has 0 radical (unpaired) electrons. The Morgan fingerprint density at radius 2 is 0.671 bits per heavy atom. The van der Waals surface area contributed by atoms with Crippen LogP contribution in [-0.2, 0) is 40.5 Å². The van der Waals surface area contributed by atoms with E-state index < -0.39 is 60.1 Å². The maximum atomic E-state index is 12.8. The monoisotopic (exact) mass is 1100 g/mol. The van der Waals surface area contributed by atoms with E-state index in [1.165, 1.54) is 58.3 Å². The molecule has 0 aliphatic carbocycles. The van der Waals surface area contributed by atoms with Gasteiger partial charge in [-0.2, -0.15) is 63.6 Å². The standard InChI is InChI=1S/C40H44N12O16S4.Na.H/c53-19-15-51(16-20-54)39-47-35(41-27-7-11-31(12-8-27)69(57,58)59)45-37(49-39)43-29-5-3-25(33(23-29)71(63,64)65)1-2-26-4-6-30(24-34(26)72(66,67)68)44-38-46-36(48-40(50-38)52(17-21-55)18-22-56)42-28-9-13-32(14-10-28)70(60,61)62;;/h1-14,23-24,53-56H,15-22H2,(H,57,58,59)(H,60,61,62)(H,63,64,65)(H,66,67,68)(H2,41,43,45,47,49)(H2,42,44,46,48,50);;. The number of nitrogens with one attached hydrogen (secondary N) is 4. The minimum atomic E-state index is -5.03. The number of aliphatic hydroxyl groups is 4. The third-order valence-corrected chi connectivity index (χ3v) is 13.2. The van der Waals surface area contributed by atoms with Crippen LogP contribution in [0.4, 0.5) is 58.4 Å². The van der Waals surface area contributed by atoms with Gasteiger partial charge in [0.15, 0.2) is 0 Å². The Morgan fingerprint density at radius 1 is 0.397 bits per heavy atom. The van der Waals surface area contributed by atoms with E-state index in [-0.39, 0.29) is 152 Å².